The average molecular weight is 248 g/mol. The molecule has 1 aromatic rings. The van der Waals surface area contributed by atoms with Crippen molar-refractivity contribution in [1.29, 1.82) is 0 Å². The van der Waals surface area contributed by atoms with Crippen LogP contribution in [0.5, 0.6) is 0 Å². The van der Waals surface area contributed by atoms with Gasteiger partial charge in [-0.3, -0.25) is 0 Å². The number of nitrogens with zero attached hydrogens (tertiary/aromatic N) is 1. The summed E-state index contributed by atoms with van der Waals surface area (Å²) < 4.78 is 18.0. The Bertz CT molecular complexity index is 336. The highest BCUT2D eigenvalue weighted by Gasteiger charge is 2.04. The van der Waals surface area contributed by atoms with Crippen LogP contribution >= 0.6 is 11.6 Å². The lowest BCUT2D eigenvalue weighted by Crippen LogP contribution is -2.23. The number of hydrogen-bond acceptors (Lipinski definition) is 3. The van der Waals surface area contributed by atoms with Crippen molar-refractivity contribution in [2.45, 2.75) is 0 Å². The molecule has 5 heteroatoms. The van der Waals surface area contributed by atoms with Crippen molar-refractivity contribution in [3.63, 3.8) is 0 Å². The van der Waals surface area contributed by atoms with Crippen molar-refractivity contribution in [2.75, 3.05) is 38.3 Å². The Morgan fingerprint density at radius 3 is 2.81 bits per heavy atom. The van der Waals surface area contributed by atoms with E-state index in [0.717, 1.165) is 5.69 Å². The van der Waals surface area contributed by atoms with Gasteiger partial charge in [-0.2, -0.15) is 0 Å². The van der Waals surface area contributed by atoms with Crippen LogP contribution < -0.4 is 4.90 Å². The van der Waals surface area contributed by atoms with Gasteiger partial charge in [-0.15, -0.1) is 0 Å². The molecule has 0 aliphatic rings. The first kappa shape index (κ1) is 13.2. The quantitative estimate of drug-likeness (QED) is 0.780. The van der Waals surface area contributed by atoms with Crippen LogP contribution in [0.3, 0.4) is 0 Å². The van der Waals surface area contributed by atoms with Crippen LogP contribution in [0, 0.1) is 5.82 Å². The third-order valence-electron chi connectivity index (χ3n) is 2.15. The Morgan fingerprint density at radius 1 is 1.44 bits per heavy atom. The maximum Gasteiger partial charge on any atom is 0.141 e. The molecule has 1 N–H and O–H groups in total. The van der Waals surface area contributed by atoms with Gasteiger partial charge in [0.2, 0.25) is 0 Å². The van der Waals surface area contributed by atoms with E-state index >= 15 is 0 Å². The number of ether oxygens (including phenoxy) is 1. The topological polar surface area (TPSA) is 32.7 Å². The van der Waals surface area contributed by atoms with E-state index in [9.17, 15) is 4.39 Å². The number of benzene rings is 1. The number of likely N-dealkylation sites (N-methyl/N-ethyl adjacent to an activating group) is 1. The molecule has 0 bridgehead atoms. The zero-order valence-electron chi connectivity index (χ0n) is 9.12. The van der Waals surface area contributed by atoms with Crippen molar-refractivity contribution >= 4 is 17.3 Å². The van der Waals surface area contributed by atoms with Gasteiger partial charge in [0.1, 0.15) is 5.82 Å². The number of rotatable bonds is 6. The van der Waals surface area contributed by atoms with Gasteiger partial charge in [-0.25, -0.2) is 4.39 Å². The van der Waals surface area contributed by atoms with Gasteiger partial charge in [-0.05, 0) is 18.2 Å². The summed E-state index contributed by atoms with van der Waals surface area (Å²) >= 11 is 5.68. The standard InChI is InChI=1S/C11H15ClFNO2/c1-14(4-6-16-7-5-15)9-2-3-11(13)10(12)8-9/h2-3,8,15H,4-7H2,1H3. The van der Waals surface area contributed by atoms with Crippen molar-refractivity contribution in [2.24, 2.45) is 0 Å². The number of aliphatic hydroxyl groups is 1. The largest absolute Gasteiger partial charge is 0.394 e. The maximum atomic E-state index is 12.9. The van der Waals surface area contributed by atoms with E-state index in [0.29, 0.717) is 19.8 Å². The monoisotopic (exact) mass is 247 g/mol. The van der Waals surface area contributed by atoms with Gasteiger partial charge in [-0.1, -0.05) is 11.6 Å². The fraction of sp³-hybridized carbons (Fsp3) is 0.455. The molecule has 0 aliphatic heterocycles. The molecule has 0 aliphatic carbocycles. The molecule has 0 spiro atoms. The first-order chi connectivity index (χ1) is 7.65. The minimum absolute atomic E-state index is 0.0199. The first-order valence-corrected chi connectivity index (χ1v) is 5.37. The van der Waals surface area contributed by atoms with Crippen LogP contribution in [0.1, 0.15) is 0 Å². The summed E-state index contributed by atoms with van der Waals surface area (Å²) in [5.74, 6) is -0.421. The Hall–Kier alpha value is -0.840. The molecule has 1 rings (SSSR count). The average Bonchev–Trinajstić information content (AvgIpc) is 2.28. The van der Waals surface area contributed by atoms with Crippen LogP contribution in [0.2, 0.25) is 5.02 Å². The minimum atomic E-state index is -0.421. The summed E-state index contributed by atoms with van der Waals surface area (Å²) in [6.45, 7) is 1.51. The van der Waals surface area contributed by atoms with E-state index in [1.54, 1.807) is 12.1 Å². The molecule has 0 atom stereocenters. The van der Waals surface area contributed by atoms with Gasteiger partial charge < -0.3 is 14.7 Å². The van der Waals surface area contributed by atoms with Crippen molar-refractivity contribution in [3.8, 4) is 0 Å². The molecule has 0 aromatic heterocycles. The van der Waals surface area contributed by atoms with Crippen molar-refractivity contribution < 1.29 is 14.2 Å². The van der Waals surface area contributed by atoms with Gasteiger partial charge in [0.15, 0.2) is 0 Å². The highest BCUT2D eigenvalue weighted by Crippen LogP contribution is 2.21. The number of hydrogen-bond donors (Lipinski definition) is 1. The molecule has 90 valence electrons. The zero-order chi connectivity index (χ0) is 12.0. The summed E-state index contributed by atoms with van der Waals surface area (Å²) in [7, 11) is 1.87. The summed E-state index contributed by atoms with van der Waals surface area (Å²) in [5, 5.41) is 8.63. The number of halogens is 2. The van der Waals surface area contributed by atoms with E-state index in [4.69, 9.17) is 21.4 Å². The van der Waals surface area contributed by atoms with E-state index < -0.39 is 5.82 Å². The van der Waals surface area contributed by atoms with Crippen LogP contribution in [0.4, 0.5) is 10.1 Å². The third kappa shape index (κ3) is 3.96. The predicted octanol–water partition coefficient (Wildman–Crippen LogP) is 1.92. The zero-order valence-corrected chi connectivity index (χ0v) is 9.88. The minimum Gasteiger partial charge on any atom is -0.394 e. The maximum absolute atomic E-state index is 12.9. The van der Waals surface area contributed by atoms with E-state index in [-0.39, 0.29) is 11.6 Å². The van der Waals surface area contributed by atoms with E-state index in [2.05, 4.69) is 0 Å². The van der Waals surface area contributed by atoms with Crippen molar-refractivity contribution in [1.82, 2.24) is 0 Å². The van der Waals surface area contributed by atoms with Crippen LogP contribution in [-0.2, 0) is 4.74 Å². The SMILES string of the molecule is CN(CCOCCO)c1ccc(F)c(Cl)c1. The lowest BCUT2D eigenvalue weighted by Gasteiger charge is -2.19. The Kier molecular flexibility index (Phi) is 5.52. The molecule has 1 aromatic carbocycles. The van der Waals surface area contributed by atoms with Crippen LogP contribution in [0.25, 0.3) is 0 Å². The fourth-order valence-corrected chi connectivity index (χ4v) is 1.39. The van der Waals surface area contributed by atoms with E-state index in [1.165, 1.54) is 6.07 Å². The molecule has 0 fully saturated rings. The molecule has 0 unspecified atom stereocenters. The Balaban J connectivity index is 2.46. The van der Waals surface area contributed by atoms with Crippen LogP contribution in [-0.4, -0.2) is 38.5 Å². The lowest BCUT2D eigenvalue weighted by molar-refractivity contribution is 0.0971. The van der Waals surface area contributed by atoms with Crippen LogP contribution in [0.15, 0.2) is 18.2 Å². The highest BCUT2D eigenvalue weighted by molar-refractivity contribution is 6.31. The normalized spacial score (nSPS) is 10.5. The lowest BCUT2D eigenvalue weighted by atomic mass is 10.3. The molecular formula is C11H15ClFNO2. The second-order valence-electron chi connectivity index (χ2n) is 3.36. The van der Waals surface area contributed by atoms with Gasteiger partial charge >= 0.3 is 0 Å². The van der Waals surface area contributed by atoms with Crippen molar-refractivity contribution in [3.05, 3.63) is 29.0 Å². The highest BCUT2D eigenvalue weighted by atomic mass is 35.5. The van der Waals surface area contributed by atoms with E-state index in [1.807, 2.05) is 11.9 Å². The molecule has 0 radical (unpaired) electrons. The molecular weight excluding hydrogens is 233 g/mol. The first-order valence-electron chi connectivity index (χ1n) is 5.00. The Morgan fingerprint density at radius 2 is 2.19 bits per heavy atom. The molecule has 0 heterocycles. The third-order valence-corrected chi connectivity index (χ3v) is 2.44. The summed E-state index contributed by atoms with van der Waals surface area (Å²) in [6, 6.07) is 4.57. The Labute approximate surface area is 99.4 Å². The second-order valence-corrected chi connectivity index (χ2v) is 3.76. The van der Waals surface area contributed by atoms with Gasteiger partial charge in [0.25, 0.3) is 0 Å². The second kappa shape index (κ2) is 6.68. The molecule has 0 saturated heterocycles. The van der Waals surface area contributed by atoms with Gasteiger partial charge in [0, 0.05) is 19.3 Å². The summed E-state index contributed by atoms with van der Waals surface area (Å²) in [6.07, 6.45) is 0. The number of anilines is 1. The smallest absolute Gasteiger partial charge is 0.141 e. The molecule has 0 amide bonds. The fourth-order valence-electron chi connectivity index (χ4n) is 1.22. The summed E-state index contributed by atoms with van der Waals surface area (Å²) in [4.78, 5) is 1.91. The summed E-state index contributed by atoms with van der Waals surface area (Å²) in [5.41, 5.74) is 0.832. The predicted molar refractivity (Wildman–Crippen MR) is 62.6 cm³/mol. The molecule has 3 nitrogen and oxygen atoms in total. The van der Waals surface area contributed by atoms with Gasteiger partial charge in [0.05, 0.1) is 24.8 Å². The molecule has 16 heavy (non-hydrogen) atoms. The molecule has 0 saturated carbocycles. The number of aliphatic hydroxyl groups excluding tert-OH is 1.